The van der Waals surface area contributed by atoms with Crippen LogP contribution in [0.5, 0.6) is 0 Å². The maximum atomic E-state index is 12.8. The second-order valence-corrected chi connectivity index (χ2v) is 9.73. The molecule has 1 aliphatic heterocycles. The van der Waals surface area contributed by atoms with E-state index in [9.17, 15) is 13.2 Å². The number of amides is 1. The number of benzene rings is 3. The van der Waals surface area contributed by atoms with Crippen LogP contribution in [0.3, 0.4) is 0 Å². The SMILES string of the molecule is CS(=O)(=O)Nc1cccc2c1CCCN2CCC(=O)Nc1ccccc1-c1ccccc1. The van der Waals surface area contributed by atoms with Gasteiger partial charge in [-0.05, 0) is 42.2 Å². The maximum absolute atomic E-state index is 12.8. The topological polar surface area (TPSA) is 78.5 Å². The van der Waals surface area contributed by atoms with Crippen molar-refractivity contribution in [3.8, 4) is 11.1 Å². The van der Waals surface area contributed by atoms with Crippen LogP contribution in [-0.2, 0) is 21.2 Å². The van der Waals surface area contributed by atoms with Crippen LogP contribution in [0, 0.1) is 0 Å². The summed E-state index contributed by atoms with van der Waals surface area (Å²) in [5, 5.41) is 3.06. The van der Waals surface area contributed by atoms with Gasteiger partial charge in [0.25, 0.3) is 0 Å². The Kier molecular flexibility index (Phi) is 6.46. The third-order valence-electron chi connectivity index (χ3n) is 5.54. The smallest absolute Gasteiger partial charge is 0.229 e. The number of carbonyl (C=O) groups excluding carboxylic acids is 1. The molecule has 0 radical (unpaired) electrons. The van der Waals surface area contributed by atoms with Crippen LogP contribution in [0.2, 0.25) is 0 Å². The Hall–Kier alpha value is -3.32. The highest BCUT2D eigenvalue weighted by molar-refractivity contribution is 7.92. The number of carbonyl (C=O) groups is 1. The lowest BCUT2D eigenvalue weighted by Crippen LogP contribution is -2.33. The summed E-state index contributed by atoms with van der Waals surface area (Å²) in [6.45, 7) is 1.40. The third kappa shape index (κ3) is 5.29. The van der Waals surface area contributed by atoms with E-state index in [-0.39, 0.29) is 5.91 Å². The fourth-order valence-electron chi connectivity index (χ4n) is 4.14. The van der Waals surface area contributed by atoms with E-state index in [0.29, 0.717) is 18.7 Å². The lowest BCUT2D eigenvalue weighted by Gasteiger charge is -2.32. The summed E-state index contributed by atoms with van der Waals surface area (Å²) in [6.07, 6.45) is 3.21. The van der Waals surface area contributed by atoms with Gasteiger partial charge >= 0.3 is 0 Å². The Morgan fingerprint density at radius 3 is 2.44 bits per heavy atom. The highest BCUT2D eigenvalue weighted by atomic mass is 32.2. The standard InChI is InChI=1S/C25H27N3O3S/c1-32(30,31)27-23-14-7-15-24-21(23)12-8-17-28(24)18-16-25(29)26-22-13-6-5-11-20(22)19-9-3-2-4-10-19/h2-7,9-11,13-15,27H,8,12,16-18H2,1H3,(H,26,29). The summed E-state index contributed by atoms with van der Waals surface area (Å²) < 4.78 is 26.0. The molecule has 1 aliphatic rings. The van der Waals surface area contributed by atoms with Gasteiger partial charge in [-0.1, -0.05) is 54.6 Å². The molecule has 4 rings (SSSR count). The number of rotatable bonds is 7. The van der Waals surface area contributed by atoms with Crippen molar-refractivity contribution in [1.29, 1.82) is 0 Å². The minimum absolute atomic E-state index is 0.0501. The number of para-hydroxylation sites is 1. The van der Waals surface area contributed by atoms with Crippen molar-refractivity contribution in [2.24, 2.45) is 0 Å². The molecule has 0 aromatic heterocycles. The zero-order chi connectivity index (χ0) is 22.6. The van der Waals surface area contributed by atoms with Crippen molar-refractivity contribution in [2.75, 3.05) is 34.3 Å². The Bertz CT molecular complexity index is 1210. The van der Waals surface area contributed by atoms with Crippen LogP contribution in [0.1, 0.15) is 18.4 Å². The average molecular weight is 450 g/mol. The highest BCUT2D eigenvalue weighted by Crippen LogP contribution is 2.33. The largest absolute Gasteiger partial charge is 0.371 e. The zero-order valence-electron chi connectivity index (χ0n) is 18.0. The van der Waals surface area contributed by atoms with E-state index in [2.05, 4.69) is 14.9 Å². The van der Waals surface area contributed by atoms with Crippen LogP contribution in [0.4, 0.5) is 17.1 Å². The molecule has 166 valence electrons. The van der Waals surface area contributed by atoms with E-state index in [4.69, 9.17) is 0 Å². The predicted molar refractivity (Wildman–Crippen MR) is 131 cm³/mol. The number of nitrogens with one attached hydrogen (secondary N) is 2. The van der Waals surface area contributed by atoms with E-state index < -0.39 is 10.0 Å². The molecule has 3 aromatic carbocycles. The molecule has 0 atom stereocenters. The quantitative estimate of drug-likeness (QED) is 0.556. The molecular formula is C25H27N3O3S. The first-order chi connectivity index (χ1) is 15.4. The Labute approximate surface area is 189 Å². The number of hydrogen-bond donors (Lipinski definition) is 2. The van der Waals surface area contributed by atoms with Crippen molar-refractivity contribution in [3.05, 3.63) is 78.4 Å². The zero-order valence-corrected chi connectivity index (χ0v) is 18.9. The first-order valence-corrected chi connectivity index (χ1v) is 12.6. The van der Waals surface area contributed by atoms with Crippen LogP contribution >= 0.6 is 0 Å². The van der Waals surface area contributed by atoms with Gasteiger partial charge in [0.2, 0.25) is 15.9 Å². The minimum atomic E-state index is -3.35. The summed E-state index contributed by atoms with van der Waals surface area (Å²) in [5.74, 6) is -0.0501. The van der Waals surface area contributed by atoms with Gasteiger partial charge in [0, 0.05) is 36.4 Å². The molecule has 0 aliphatic carbocycles. The molecule has 0 fully saturated rings. The molecule has 3 aromatic rings. The Morgan fingerprint density at radius 1 is 0.938 bits per heavy atom. The van der Waals surface area contributed by atoms with Crippen molar-refractivity contribution in [1.82, 2.24) is 0 Å². The molecule has 0 saturated carbocycles. The summed E-state index contributed by atoms with van der Waals surface area (Å²) in [7, 11) is -3.35. The average Bonchev–Trinajstić information content (AvgIpc) is 2.78. The van der Waals surface area contributed by atoms with Gasteiger partial charge in [0.15, 0.2) is 0 Å². The van der Waals surface area contributed by atoms with E-state index in [1.165, 1.54) is 0 Å². The summed E-state index contributed by atoms with van der Waals surface area (Å²) >= 11 is 0. The molecule has 1 heterocycles. The molecule has 32 heavy (non-hydrogen) atoms. The van der Waals surface area contributed by atoms with Crippen molar-refractivity contribution in [3.63, 3.8) is 0 Å². The molecule has 7 heteroatoms. The van der Waals surface area contributed by atoms with E-state index >= 15 is 0 Å². The summed E-state index contributed by atoms with van der Waals surface area (Å²) in [4.78, 5) is 14.9. The summed E-state index contributed by atoms with van der Waals surface area (Å²) in [5.41, 5.74) is 5.43. The highest BCUT2D eigenvalue weighted by Gasteiger charge is 2.21. The lowest BCUT2D eigenvalue weighted by atomic mass is 9.99. The number of sulfonamides is 1. The third-order valence-corrected chi connectivity index (χ3v) is 6.13. The molecular weight excluding hydrogens is 422 g/mol. The van der Waals surface area contributed by atoms with Crippen LogP contribution in [0.15, 0.2) is 72.8 Å². The predicted octanol–water partition coefficient (Wildman–Crippen LogP) is 4.51. The normalized spacial score (nSPS) is 13.3. The molecule has 6 nitrogen and oxygen atoms in total. The molecule has 2 N–H and O–H groups in total. The Balaban J connectivity index is 1.45. The summed E-state index contributed by atoms with van der Waals surface area (Å²) in [6, 6.07) is 23.4. The second-order valence-electron chi connectivity index (χ2n) is 7.98. The van der Waals surface area contributed by atoms with Gasteiger partial charge in [-0.25, -0.2) is 8.42 Å². The molecule has 0 bridgehead atoms. The van der Waals surface area contributed by atoms with Crippen molar-refractivity contribution in [2.45, 2.75) is 19.3 Å². The van der Waals surface area contributed by atoms with Gasteiger partial charge in [-0.2, -0.15) is 0 Å². The van der Waals surface area contributed by atoms with Gasteiger partial charge in [0.1, 0.15) is 0 Å². The maximum Gasteiger partial charge on any atom is 0.229 e. The Morgan fingerprint density at radius 2 is 1.66 bits per heavy atom. The van der Waals surface area contributed by atoms with Gasteiger partial charge in [-0.15, -0.1) is 0 Å². The minimum Gasteiger partial charge on any atom is -0.371 e. The lowest BCUT2D eigenvalue weighted by molar-refractivity contribution is -0.116. The number of nitrogens with zero attached hydrogens (tertiary/aromatic N) is 1. The number of anilines is 3. The van der Waals surface area contributed by atoms with E-state index in [0.717, 1.165) is 53.7 Å². The van der Waals surface area contributed by atoms with Crippen LogP contribution in [0.25, 0.3) is 11.1 Å². The van der Waals surface area contributed by atoms with Crippen LogP contribution in [-0.4, -0.2) is 33.7 Å². The van der Waals surface area contributed by atoms with Gasteiger partial charge in [-0.3, -0.25) is 9.52 Å². The fourth-order valence-corrected chi connectivity index (χ4v) is 4.73. The van der Waals surface area contributed by atoms with E-state index in [1.807, 2.05) is 66.7 Å². The van der Waals surface area contributed by atoms with Crippen LogP contribution < -0.4 is 14.9 Å². The van der Waals surface area contributed by atoms with Crippen molar-refractivity contribution >= 4 is 33.0 Å². The second kappa shape index (κ2) is 9.44. The fraction of sp³-hybridized carbons (Fsp3) is 0.240. The number of hydrogen-bond acceptors (Lipinski definition) is 4. The van der Waals surface area contributed by atoms with E-state index in [1.54, 1.807) is 6.07 Å². The monoisotopic (exact) mass is 449 g/mol. The molecule has 0 saturated heterocycles. The van der Waals surface area contributed by atoms with Gasteiger partial charge in [0.05, 0.1) is 11.9 Å². The van der Waals surface area contributed by atoms with Gasteiger partial charge < -0.3 is 10.2 Å². The molecule has 0 unspecified atom stereocenters. The molecule has 0 spiro atoms. The first-order valence-electron chi connectivity index (χ1n) is 10.7. The van der Waals surface area contributed by atoms with Crippen molar-refractivity contribution < 1.29 is 13.2 Å². The number of fused-ring (bicyclic) bond motifs is 1. The first kappa shape index (κ1) is 21.9. The molecule has 1 amide bonds.